The zero-order chi connectivity index (χ0) is 22.1. The summed E-state index contributed by atoms with van der Waals surface area (Å²) in [5, 5.41) is 3.17. The molecule has 0 saturated carbocycles. The first-order valence-electron chi connectivity index (χ1n) is 11.1. The lowest BCUT2D eigenvalue weighted by molar-refractivity contribution is -0.139. The lowest BCUT2D eigenvalue weighted by Gasteiger charge is -2.28. The minimum absolute atomic E-state index is 0.134. The van der Waals surface area contributed by atoms with Gasteiger partial charge in [0.2, 0.25) is 11.8 Å². The lowest BCUT2D eigenvalue weighted by atomic mass is 10.0. The molecule has 0 aliphatic carbocycles. The fourth-order valence-corrected chi connectivity index (χ4v) is 4.08. The van der Waals surface area contributed by atoms with Crippen LogP contribution in [0, 0.1) is 0 Å². The first kappa shape index (κ1) is 22.9. The molecule has 1 unspecified atom stereocenters. The van der Waals surface area contributed by atoms with Gasteiger partial charge < -0.3 is 21.7 Å². The number of carbonyl (C=O) groups is 2. The van der Waals surface area contributed by atoms with Crippen molar-refractivity contribution >= 4 is 11.8 Å². The fraction of sp³-hybridized carbons (Fsp3) is 0.458. The molecule has 166 valence electrons. The summed E-state index contributed by atoms with van der Waals surface area (Å²) in [5.74, 6) is -0.277. The third kappa shape index (κ3) is 6.35. The number of rotatable bonds is 10. The van der Waals surface area contributed by atoms with Crippen molar-refractivity contribution in [3.05, 3.63) is 66.0 Å². The number of hydrogen-bond donors (Lipinski definition) is 3. The number of hydrogen-bond acceptors (Lipinski definition) is 5. The summed E-state index contributed by atoms with van der Waals surface area (Å²) in [6, 6.07) is 14.3. The van der Waals surface area contributed by atoms with Gasteiger partial charge in [-0.3, -0.25) is 14.6 Å². The van der Waals surface area contributed by atoms with E-state index in [1.807, 2.05) is 48.5 Å². The fourth-order valence-electron chi connectivity index (χ4n) is 4.08. The van der Waals surface area contributed by atoms with Gasteiger partial charge in [0.05, 0.1) is 12.1 Å². The topological polar surface area (TPSA) is 114 Å². The smallest absolute Gasteiger partial charge is 0.243 e. The van der Waals surface area contributed by atoms with E-state index < -0.39 is 12.1 Å². The van der Waals surface area contributed by atoms with Crippen LogP contribution in [0.15, 0.2) is 54.7 Å². The van der Waals surface area contributed by atoms with E-state index >= 15 is 0 Å². The number of nitrogens with zero attached hydrogens (tertiary/aromatic N) is 2. The maximum Gasteiger partial charge on any atom is 0.243 e. The number of pyridine rings is 1. The van der Waals surface area contributed by atoms with E-state index in [0.717, 1.165) is 30.5 Å². The highest BCUT2D eigenvalue weighted by Crippen LogP contribution is 2.22. The van der Waals surface area contributed by atoms with Crippen LogP contribution in [-0.2, 0) is 16.0 Å². The summed E-state index contributed by atoms with van der Waals surface area (Å²) in [6.07, 6.45) is 6.03. The van der Waals surface area contributed by atoms with Crippen LogP contribution >= 0.6 is 0 Å². The molecule has 1 aliphatic rings. The van der Waals surface area contributed by atoms with Crippen LogP contribution in [0.2, 0.25) is 0 Å². The molecule has 1 aromatic heterocycles. The van der Waals surface area contributed by atoms with Crippen molar-refractivity contribution in [2.45, 2.75) is 56.7 Å². The van der Waals surface area contributed by atoms with Crippen LogP contribution in [0.3, 0.4) is 0 Å². The number of amides is 2. The number of nitrogens with one attached hydrogen (secondary N) is 1. The van der Waals surface area contributed by atoms with E-state index in [1.165, 1.54) is 0 Å². The van der Waals surface area contributed by atoms with Crippen molar-refractivity contribution in [1.29, 1.82) is 0 Å². The van der Waals surface area contributed by atoms with Gasteiger partial charge in [0.15, 0.2) is 0 Å². The summed E-state index contributed by atoms with van der Waals surface area (Å²) in [5.41, 5.74) is 13.6. The summed E-state index contributed by atoms with van der Waals surface area (Å²) in [7, 11) is 0. The molecule has 5 N–H and O–H groups in total. The van der Waals surface area contributed by atoms with Gasteiger partial charge in [-0.1, -0.05) is 42.8 Å². The Bertz CT molecular complexity index is 830. The highest BCUT2D eigenvalue weighted by Gasteiger charge is 2.36. The van der Waals surface area contributed by atoms with Gasteiger partial charge >= 0.3 is 0 Å². The molecule has 1 saturated heterocycles. The van der Waals surface area contributed by atoms with Crippen molar-refractivity contribution in [1.82, 2.24) is 15.2 Å². The van der Waals surface area contributed by atoms with E-state index in [2.05, 4.69) is 10.3 Å². The quantitative estimate of drug-likeness (QED) is 0.505. The van der Waals surface area contributed by atoms with Crippen LogP contribution in [-0.4, -0.2) is 46.9 Å². The number of likely N-dealkylation sites (tertiary alicyclic amines) is 1. The molecule has 31 heavy (non-hydrogen) atoms. The Morgan fingerprint density at radius 3 is 2.61 bits per heavy atom. The average molecular weight is 424 g/mol. The predicted octanol–water partition coefficient (Wildman–Crippen LogP) is 1.93. The molecular weight excluding hydrogens is 390 g/mol. The summed E-state index contributed by atoms with van der Waals surface area (Å²) in [6.45, 7) is 1.16. The number of nitrogens with two attached hydrogens (primary N) is 2. The van der Waals surface area contributed by atoms with Crippen LogP contribution in [0.4, 0.5) is 0 Å². The number of aromatic nitrogens is 1. The summed E-state index contributed by atoms with van der Waals surface area (Å²) >= 11 is 0. The standard InChI is InChI=1S/C24H33N5O2/c25-14-6-4-12-20(26)24(31)29-16-8-13-22(29)23(30)28-21(18-9-2-1-3-10-18)17-19-11-5-7-15-27-19/h1-3,5,7,9-11,15,20-22H,4,6,8,12-14,16-17,25-26H2,(H,28,30)/t20-,21-,22?/m0/s1. The van der Waals surface area contributed by atoms with Crippen molar-refractivity contribution < 1.29 is 9.59 Å². The predicted molar refractivity (Wildman–Crippen MR) is 121 cm³/mol. The Morgan fingerprint density at radius 1 is 1.13 bits per heavy atom. The SMILES string of the molecule is NCCCC[C@H](N)C(=O)N1CCCC1C(=O)N[C@@H](Cc1ccccn1)c1ccccc1. The van der Waals surface area contributed by atoms with Crippen molar-refractivity contribution in [3.8, 4) is 0 Å². The van der Waals surface area contributed by atoms with E-state index in [-0.39, 0.29) is 17.9 Å². The second-order valence-corrected chi connectivity index (χ2v) is 8.08. The number of carbonyl (C=O) groups excluding carboxylic acids is 2. The lowest BCUT2D eigenvalue weighted by Crippen LogP contribution is -2.51. The Labute approximate surface area is 184 Å². The van der Waals surface area contributed by atoms with Crippen molar-refractivity contribution in [2.75, 3.05) is 13.1 Å². The minimum atomic E-state index is -0.585. The monoisotopic (exact) mass is 423 g/mol. The van der Waals surface area contributed by atoms with Gasteiger partial charge in [0.25, 0.3) is 0 Å². The average Bonchev–Trinajstić information content (AvgIpc) is 3.29. The number of benzene rings is 1. The van der Waals surface area contributed by atoms with E-state index in [0.29, 0.717) is 32.4 Å². The first-order valence-corrected chi connectivity index (χ1v) is 11.1. The molecule has 1 fully saturated rings. The number of unbranched alkanes of at least 4 members (excludes halogenated alkanes) is 1. The van der Waals surface area contributed by atoms with Gasteiger partial charge in [0, 0.05) is 24.9 Å². The summed E-state index contributed by atoms with van der Waals surface area (Å²) in [4.78, 5) is 32.2. The normalized spacial score (nSPS) is 17.9. The molecule has 7 heteroatoms. The van der Waals surface area contributed by atoms with Gasteiger partial charge in [-0.05, 0) is 49.9 Å². The molecule has 2 aromatic rings. The van der Waals surface area contributed by atoms with E-state index in [4.69, 9.17) is 11.5 Å². The van der Waals surface area contributed by atoms with E-state index in [9.17, 15) is 9.59 Å². The molecular formula is C24H33N5O2. The summed E-state index contributed by atoms with van der Waals surface area (Å²) < 4.78 is 0. The van der Waals surface area contributed by atoms with E-state index in [1.54, 1.807) is 11.1 Å². The third-order valence-electron chi connectivity index (χ3n) is 5.78. The van der Waals surface area contributed by atoms with Gasteiger partial charge in [0.1, 0.15) is 6.04 Å². The Kier molecular flexibility index (Phi) is 8.55. The maximum atomic E-state index is 13.2. The molecule has 1 aliphatic heterocycles. The molecule has 0 spiro atoms. The molecule has 2 amide bonds. The Hall–Kier alpha value is -2.77. The molecule has 3 rings (SSSR count). The molecule has 7 nitrogen and oxygen atoms in total. The molecule has 2 heterocycles. The van der Waals surface area contributed by atoms with Crippen molar-refractivity contribution in [2.24, 2.45) is 11.5 Å². The van der Waals surface area contributed by atoms with Gasteiger partial charge in [-0.25, -0.2) is 0 Å². The van der Waals surface area contributed by atoms with Gasteiger partial charge in [-0.15, -0.1) is 0 Å². The Morgan fingerprint density at radius 2 is 1.90 bits per heavy atom. The molecule has 3 atom stereocenters. The second-order valence-electron chi connectivity index (χ2n) is 8.08. The molecule has 1 aromatic carbocycles. The molecule has 0 radical (unpaired) electrons. The second kappa shape index (κ2) is 11.6. The zero-order valence-corrected chi connectivity index (χ0v) is 18.0. The minimum Gasteiger partial charge on any atom is -0.347 e. The van der Waals surface area contributed by atoms with Crippen LogP contribution < -0.4 is 16.8 Å². The van der Waals surface area contributed by atoms with Crippen LogP contribution in [0.1, 0.15) is 49.4 Å². The first-order chi connectivity index (χ1) is 15.1. The zero-order valence-electron chi connectivity index (χ0n) is 18.0. The maximum absolute atomic E-state index is 13.2. The van der Waals surface area contributed by atoms with Crippen LogP contribution in [0.5, 0.6) is 0 Å². The van der Waals surface area contributed by atoms with Crippen LogP contribution in [0.25, 0.3) is 0 Å². The Balaban J connectivity index is 1.69. The van der Waals surface area contributed by atoms with Crippen molar-refractivity contribution in [3.63, 3.8) is 0 Å². The largest absolute Gasteiger partial charge is 0.347 e. The van der Waals surface area contributed by atoms with Gasteiger partial charge in [-0.2, -0.15) is 0 Å². The highest BCUT2D eigenvalue weighted by molar-refractivity contribution is 5.90. The highest BCUT2D eigenvalue weighted by atomic mass is 16.2. The third-order valence-corrected chi connectivity index (χ3v) is 5.78. The molecule has 0 bridgehead atoms.